The Morgan fingerprint density at radius 2 is 2.09 bits per heavy atom. The Kier molecular flexibility index (Phi) is 4.20. The first-order valence-electron chi connectivity index (χ1n) is 7.65. The molecule has 7 heteroatoms. The molecule has 6 nitrogen and oxygen atoms in total. The second kappa shape index (κ2) is 5.98. The van der Waals surface area contributed by atoms with E-state index < -0.39 is 10.2 Å². The Morgan fingerprint density at radius 3 is 2.86 bits per heavy atom. The summed E-state index contributed by atoms with van der Waals surface area (Å²) in [6, 6.07) is 7.80. The number of rotatable bonds is 4. The van der Waals surface area contributed by atoms with Crippen molar-refractivity contribution in [1.82, 2.24) is 13.9 Å². The summed E-state index contributed by atoms with van der Waals surface area (Å²) in [5.41, 5.74) is 2.27. The van der Waals surface area contributed by atoms with Crippen molar-refractivity contribution < 1.29 is 13.2 Å². The Bertz CT molecular complexity index is 674. The van der Waals surface area contributed by atoms with E-state index in [2.05, 4.69) is 10.8 Å². The summed E-state index contributed by atoms with van der Waals surface area (Å²) >= 11 is 0. The molecule has 1 amide bonds. The van der Waals surface area contributed by atoms with E-state index in [4.69, 9.17) is 0 Å². The average Bonchev–Trinajstić information content (AvgIpc) is 2.52. The van der Waals surface area contributed by atoms with Gasteiger partial charge in [0.2, 0.25) is 5.91 Å². The van der Waals surface area contributed by atoms with Crippen LogP contribution in [0, 0.1) is 0 Å². The Morgan fingerprint density at radius 1 is 1.32 bits per heavy atom. The summed E-state index contributed by atoms with van der Waals surface area (Å²) in [6.45, 7) is 3.21. The highest BCUT2D eigenvalue weighted by Gasteiger charge is 2.40. The number of amides is 1. The summed E-state index contributed by atoms with van der Waals surface area (Å²) < 4.78 is 28.5. The van der Waals surface area contributed by atoms with Crippen molar-refractivity contribution in [1.29, 1.82) is 0 Å². The van der Waals surface area contributed by atoms with Gasteiger partial charge in [0.25, 0.3) is 10.2 Å². The number of hydrogen-bond donors (Lipinski definition) is 1. The molecule has 2 aliphatic rings. The first-order valence-corrected chi connectivity index (χ1v) is 9.09. The zero-order valence-electron chi connectivity index (χ0n) is 12.7. The molecule has 2 heterocycles. The SMILES string of the molecule is CCCNS(=O)(=O)N1CC(=O)N2CCc3ccccc3C2C1. The van der Waals surface area contributed by atoms with Crippen LogP contribution in [-0.2, 0) is 21.4 Å². The van der Waals surface area contributed by atoms with Crippen LogP contribution in [0.4, 0.5) is 0 Å². The largest absolute Gasteiger partial charge is 0.333 e. The van der Waals surface area contributed by atoms with Crippen LogP contribution < -0.4 is 4.72 Å². The van der Waals surface area contributed by atoms with E-state index in [1.165, 1.54) is 9.87 Å². The highest BCUT2D eigenvalue weighted by atomic mass is 32.2. The fraction of sp³-hybridized carbons (Fsp3) is 0.533. The second-order valence-electron chi connectivity index (χ2n) is 5.74. The quantitative estimate of drug-likeness (QED) is 0.885. The van der Waals surface area contributed by atoms with E-state index in [0.717, 1.165) is 18.4 Å². The average molecular weight is 323 g/mol. The molecule has 2 aliphatic heterocycles. The van der Waals surface area contributed by atoms with Crippen LogP contribution >= 0.6 is 0 Å². The van der Waals surface area contributed by atoms with Crippen LogP contribution in [0.1, 0.15) is 30.5 Å². The number of carbonyl (C=O) groups excluding carboxylic acids is 1. The number of benzene rings is 1. The van der Waals surface area contributed by atoms with Crippen molar-refractivity contribution in [3.8, 4) is 0 Å². The van der Waals surface area contributed by atoms with E-state index in [0.29, 0.717) is 19.6 Å². The minimum absolute atomic E-state index is 0.0717. The van der Waals surface area contributed by atoms with Gasteiger partial charge in [-0.1, -0.05) is 31.2 Å². The molecule has 0 aromatic heterocycles. The number of hydrogen-bond acceptors (Lipinski definition) is 3. The maximum atomic E-state index is 12.4. The van der Waals surface area contributed by atoms with E-state index >= 15 is 0 Å². The molecule has 1 atom stereocenters. The van der Waals surface area contributed by atoms with Crippen molar-refractivity contribution in [2.75, 3.05) is 26.2 Å². The highest BCUT2D eigenvalue weighted by Crippen LogP contribution is 2.33. The molecule has 0 aliphatic carbocycles. The van der Waals surface area contributed by atoms with Crippen molar-refractivity contribution >= 4 is 16.1 Å². The topological polar surface area (TPSA) is 69.7 Å². The summed E-state index contributed by atoms with van der Waals surface area (Å²) in [6.07, 6.45) is 1.55. The minimum Gasteiger partial charge on any atom is -0.333 e. The van der Waals surface area contributed by atoms with Crippen LogP contribution in [0.3, 0.4) is 0 Å². The lowest BCUT2D eigenvalue weighted by Gasteiger charge is -2.43. The van der Waals surface area contributed by atoms with E-state index in [-0.39, 0.29) is 18.5 Å². The van der Waals surface area contributed by atoms with Gasteiger partial charge in [0.15, 0.2) is 0 Å². The molecule has 1 aromatic carbocycles. The summed E-state index contributed by atoms with van der Waals surface area (Å²) in [5, 5.41) is 0. The van der Waals surface area contributed by atoms with E-state index in [9.17, 15) is 13.2 Å². The van der Waals surface area contributed by atoms with Gasteiger partial charge in [-0.05, 0) is 24.0 Å². The fourth-order valence-corrected chi connectivity index (χ4v) is 4.41. The number of nitrogens with one attached hydrogen (secondary N) is 1. The molecule has 3 rings (SSSR count). The minimum atomic E-state index is -3.60. The Balaban J connectivity index is 1.88. The molecule has 1 saturated heterocycles. The van der Waals surface area contributed by atoms with Crippen LogP contribution in [0.2, 0.25) is 0 Å². The summed E-state index contributed by atoms with van der Waals surface area (Å²) in [4.78, 5) is 14.2. The van der Waals surface area contributed by atoms with Crippen molar-refractivity contribution in [3.05, 3.63) is 35.4 Å². The van der Waals surface area contributed by atoms with Gasteiger partial charge in [0.05, 0.1) is 12.6 Å². The highest BCUT2D eigenvalue weighted by molar-refractivity contribution is 7.87. The molecule has 0 saturated carbocycles. The molecule has 1 N–H and O–H groups in total. The van der Waals surface area contributed by atoms with Crippen LogP contribution in [0.25, 0.3) is 0 Å². The van der Waals surface area contributed by atoms with Gasteiger partial charge >= 0.3 is 0 Å². The smallest absolute Gasteiger partial charge is 0.280 e. The standard InChI is InChI=1S/C15H21N3O3S/c1-2-8-16-22(20,21)17-10-14-13-6-4-3-5-12(13)7-9-18(14)15(19)11-17/h3-6,14,16H,2,7-11H2,1H3. The van der Waals surface area contributed by atoms with Gasteiger partial charge in [-0.3, -0.25) is 4.79 Å². The monoisotopic (exact) mass is 323 g/mol. The van der Waals surface area contributed by atoms with Crippen LogP contribution in [0.15, 0.2) is 24.3 Å². The Hall–Kier alpha value is -1.44. The predicted molar refractivity (Wildman–Crippen MR) is 83.4 cm³/mol. The third-order valence-corrected chi connectivity index (χ3v) is 5.82. The molecule has 120 valence electrons. The van der Waals surface area contributed by atoms with Crippen molar-refractivity contribution in [3.63, 3.8) is 0 Å². The third kappa shape index (κ3) is 2.76. The zero-order valence-corrected chi connectivity index (χ0v) is 13.5. The van der Waals surface area contributed by atoms with Crippen LogP contribution in [0.5, 0.6) is 0 Å². The van der Waals surface area contributed by atoms with E-state index in [1.807, 2.05) is 30.0 Å². The molecule has 0 spiro atoms. The lowest BCUT2D eigenvalue weighted by atomic mass is 9.91. The normalized spacial score (nSPS) is 22.3. The van der Waals surface area contributed by atoms with Gasteiger partial charge in [0.1, 0.15) is 0 Å². The molecular weight excluding hydrogens is 302 g/mol. The van der Waals surface area contributed by atoms with Crippen LogP contribution in [-0.4, -0.2) is 49.7 Å². The summed E-state index contributed by atoms with van der Waals surface area (Å²) in [7, 11) is -3.60. The predicted octanol–water partition coefficient (Wildman–Crippen LogP) is 0.672. The third-order valence-electron chi connectivity index (χ3n) is 4.30. The fourth-order valence-electron chi connectivity index (χ4n) is 3.15. The number of fused-ring (bicyclic) bond motifs is 3. The van der Waals surface area contributed by atoms with Crippen molar-refractivity contribution in [2.45, 2.75) is 25.8 Å². The van der Waals surface area contributed by atoms with Gasteiger partial charge in [0, 0.05) is 19.6 Å². The molecule has 0 radical (unpaired) electrons. The Labute approximate surface area is 131 Å². The van der Waals surface area contributed by atoms with Gasteiger partial charge in [-0.15, -0.1) is 0 Å². The molecular formula is C15H21N3O3S. The molecule has 1 aromatic rings. The lowest BCUT2D eigenvalue weighted by Crippen LogP contribution is -2.57. The first kappa shape index (κ1) is 15.5. The maximum absolute atomic E-state index is 12.4. The molecule has 1 unspecified atom stereocenters. The first-order chi connectivity index (χ1) is 10.5. The van der Waals surface area contributed by atoms with Gasteiger partial charge in [-0.2, -0.15) is 12.7 Å². The molecule has 1 fully saturated rings. The van der Waals surface area contributed by atoms with Gasteiger partial charge < -0.3 is 4.90 Å². The van der Waals surface area contributed by atoms with E-state index in [1.54, 1.807) is 0 Å². The lowest BCUT2D eigenvalue weighted by molar-refractivity contribution is -0.138. The summed E-state index contributed by atoms with van der Waals surface area (Å²) in [5.74, 6) is -0.118. The molecule has 22 heavy (non-hydrogen) atoms. The van der Waals surface area contributed by atoms with Gasteiger partial charge in [-0.25, -0.2) is 4.72 Å². The number of carbonyl (C=O) groups is 1. The number of piperazine rings is 1. The van der Waals surface area contributed by atoms with Crippen molar-refractivity contribution in [2.24, 2.45) is 0 Å². The zero-order chi connectivity index (χ0) is 15.7. The second-order valence-corrected chi connectivity index (χ2v) is 7.50. The maximum Gasteiger partial charge on any atom is 0.280 e. The molecule has 0 bridgehead atoms. The number of nitrogens with zero attached hydrogens (tertiary/aromatic N) is 2.